The molecule has 2 heterocycles. The molecule has 2 aliphatic heterocycles. The number of rotatable bonds is 3. The van der Waals surface area contributed by atoms with Crippen molar-refractivity contribution in [3.8, 4) is 0 Å². The molecular weight excluding hydrogens is 284 g/mol. The van der Waals surface area contributed by atoms with Gasteiger partial charge < -0.3 is 10.6 Å². The molecule has 22 heavy (non-hydrogen) atoms. The fraction of sp³-hybridized carbons (Fsp3) is 0.333. The molecule has 7 heteroatoms. The molecule has 0 bridgehead atoms. The first-order valence-electron chi connectivity index (χ1n) is 7.16. The Morgan fingerprint density at radius 2 is 2.09 bits per heavy atom. The molecule has 2 aliphatic rings. The highest BCUT2D eigenvalue weighted by atomic mass is 16.2. The van der Waals surface area contributed by atoms with Crippen LogP contribution in [0.25, 0.3) is 0 Å². The lowest BCUT2D eigenvalue weighted by Gasteiger charge is -2.26. The van der Waals surface area contributed by atoms with E-state index in [1.54, 1.807) is 6.07 Å². The van der Waals surface area contributed by atoms with Crippen molar-refractivity contribution in [3.63, 3.8) is 0 Å². The molecule has 7 nitrogen and oxygen atoms in total. The third kappa shape index (κ3) is 2.83. The molecule has 1 unspecified atom stereocenters. The minimum Gasteiger partial charge on any atom is -0.351 e. The molecule has 0 spiro atoms. The molecule has 0 saturated heterocycles. The Morgan fingerprint density at radius 1 is 1.27 bits per heavy atom. The number of nitrogens with one attached hydrogen (secondary N) is 3. The number of carbonyl (C=O) groups excluding carboxylic acids is 3. The van der Waals surface area contributed by atoms with Crippen LogP contribution in [0.5, 0.6) is 0 Å². The molecule has 0 radical (unpaired) electrons. The van der Waals surface area contributed by atoms with Gasteiger partial charge in [0.25, 0.3) is 11.8 Å². The zero-order valence-electron chi connectivity index (χ0n) is 11.9. The average Bonchev–Trinajstić information content (AvgIpc) is 2.55. The summed E-state index contributed by atoms with van der Waals surface area (Å²) in [5.74, 6) is -0.524. The van der Waals surface area contributed by atoms with Crippen molar-refractivity contribution < 1.29 is 14.4 Å². The molecule has 0 saturated carbocycles. The number of benzene rings is 1. The van der Waals surface area contributed by atoms with Crippen LogP contribution in [-0.4, -0.2) is 36.5 Å². The Bertz CT molecular complexity index is 669. The van der Waals surface area contributed by atoms with Crippen molar-refractivity contribution in [3.05, 3.63) is 35.4 Å². The second kappa shape index (κ2) is 5.97. The van der Waals surface area contributed by atoms with Gasteiger partial charge in [-0.25, -0.2) is 5.43 Å². The zero-order chi connectivity index (χ0) is 15.5. The molecular formula is C15H16N4O3. The Morgan fingerprint density at radius 3 is 2.86 bits per heavy atom. The summed E-state index contributed by atoms with van der Waals surface area (Å²) >= 11 is 0. The van der Waals surface area contributed by atoms with Gasteiger partial charge in [0.2, 0.25) is 5.91 Å². The van der Waals surface area contributed by atoms with E-state index in [9.17, 15) is 14.4 Å². The van der Waals surface area contributed by atoms with Gasteiger partial charge in [-0.2, -0.15) is 5.10 Å². The van der Waals surface area contributed by atoms with Crippen molar-refractivity contribution >= 4 is 23.4 Å². The first-order chi connectivity index (χ1) is 10.6. The third-order valence-corrected chi connectivity index (χ3v) is 3.83. The molecule has 3 rings (SSSR count). The van der Waals surface area contributed by atoms with Crippen molar-refractivity contribution in [1.82, 2.24) is 16.1 Å². The van der Waals surface area contributed by atoms with Crippen LogP contribution in [0.4, 0.5) is 0 Å². The number of hydrogen-bond acceptors (Lipinski definition) is 4. The first kappa shape index (κ1) is 14.2. The Balaban J connectivity index is 1.65. The lowest BCUT2D eigenvalue weighted by Crippen LogP contribution is -2.43. The third-order valence-electron chi connectivity index (χ3n) is 3.83. The van der Waals surface area contributed by atoms with Crippen molar-refractivity contribution in [2.75, 3.05) is 13.1 Å². The average molecular weight is 300 g/mol. The molecule has 1 atom stereocenters. The second-order valence-corrected chi connectivity index (χ2v) is 5.30. The highest BCUT2D eigenvalue weighted by Crippen LogP contribution is 2.23. The molecule has 0 aliphatic carbocycles. The van der Waals surface area contributed by atoms with Crippen LogP contribution in [0.1, 0.15) is 34.7 Å². The topological polar surface area (TPSA) is 99.7 Å². The molecule has 3 N–H and O–H groups in total. The number of nitrogens with zero attached hydrogens (tertiary/aromatic N) is 1. The minimum absolute atomic E-state index is 0.0247. The van der Waals surface area contributed by atoms with Crippen molar-refractivity contribution in [1.29, 1.82) is 0 Å². The second-order valence-electron chi connectivity index (χ2n) is 5.30. The van der Waals surface area contributed by atoms with E-state index >= 15 is 0 Å². The first-order valence-corrected chi connectivity index (χ1v) is 7.16. The van der Waals surface area contributed by atoms with Gasteiger partial charge in [0, 0.05) is 37.4 Å². The van der Waals surface area contributed by atoms with E-state index < -0.39 is 0 Å². The largest absolute Gasteiger partial charge is 0.351 e. The highest BCUT2D eigenvalue weighted by Gasteiger charge is 2.26. The van der Waals surface area contributed by atoms with Crippen LogP contribution in [0, 0.1) is 0 Å². The number of amides is 3. The molecule has 1 aromatic carbocycles. The van der Waals surface area contributed by atoms with Gasteiger partial charge in [-0.3, -0.25) is 14.4 Å². The summed E-state index contributed by atoms with van der Waals surface area (Å²) in [5, 5.41) is 9.41. The van der Waals surface area contributed by atoms with Crippen LogP contribution in [-0.2, 0) is 9.59 Å². The van der Waals surface area contributed by atoms with Gasteiger partial charge in [-0.1, -0.05) is 18.2 Å². The lowest BCUT2D eigenvalue weighted by atomic mass is 9.90. The fourth-order valence-electron chi connectivity index (χ4n) is 2.62. The number of carbonyl (C=O) groups is 3. The van der Waals surface area contributed by atoms with E-state index in [2.05, 4.69) is 21.2 Å². The summed E-state index contributed by atoms with van der Waals surface area (Å²) in [6, 6.07) is 7.38. The molecule has 3 amide bonds. The number of fused-ring (bicyclic) bond motifs is 1. The number of hydrogen-bond donors (Lipinski definition) is 3. The fourth-order valence-corrected chi connectivity index (χ4v) is 2.62. The van der Waals surface area contributed by atoms with E-state index in [0.29, 0.717) is 30.8 Å². The molecule has 0 aromatic heterocycles. The van der Waals surface area contributed by atoms with Crippen LogP contribution in [0.3, 0.4) is 0 Å². The summed E-state index contributed by atoms with van der Waals surface area (Å²) in [4.78, 5) is 34.8. The molecule has 0 fully saturated rings. The maximum absolute atomic E-state index is 12.0. The summed E-state index contributed by atoms with van der Waals surface area (Å²) in [6.07, 6.45) is 0.615. The molecule has 1 aromatic rings. The SMILES string of the molecule is O=C1CCC(C(=O)NCC2CNC(=O)c3ccccc32)=NN1. The van der Waals surface area contributed by atoms with Gasteiger partial charge in [-0.15, -0.1) is 0 Å². The van der Waals surface area contributed by atoms with E-state index in [-0.39, 0.29) is 30.1 Å². The van der Waals surface area contributed by atoms with Crippen LogP contribution in [0.15, 0.2) is 29.4 Å². The standard InChI is InChI=1S/C15H16N4O3/c20-13-6-5-12(18-19-13)15(22)17-8-9-7-16-14(21)11-4-2-1-3-10(9)11/h1-4,9H,5-8H2,(H,16,21)(H,17,22)(H,19,20). The maximum Gasteiger partial charge on any atom is 0.267 e. The van der Waals surface area contributed by atoms with Crippen LogP contribution < -0.4 is 16.1 Å². The van der Waals surface area contributed by atoms with E-state index in [1.807, 2.05) is 18.2 Å². The van der Waals surface area contributed by atoms with Gasteiger partial charge in [0.1, 0.15) is 5.71 Å². The van der Waals surface area contributed by atoms with Crippen LogP contribution >= 0.6 is 0 Å². The van der Waals surface area contributed by atoms with E-state index in [1.165, 1.54) is 0 Å². The smallest absolute Gasteiger partial charge is 0.267 e. The van der Waals surface area contributed by atoms with Crippen molar-refractivity contribution in [2.45, 2.75) is 18.8 Å². The number of hydrazone groups is 1. The van der Waals surface area contributed by atoms with Gasteiger partial charge in [0.05, 0.1) is 0 Å². The predicted octanol–water partition coefficient (Wildman–Crippen LogP) is -0.104. The Labute approximate surface area is 127 Å². The Kier molecular flexibility index (Phi) is 3.86. The summed E-state index contributed by atoms with van der Waals surface area (Å²) in [5.41, 5.74) is 4.21. The Hall–Kier alpha value is -2.70. The summed E-state index contributed by atoms with van der Waals surface area (Å²) in [7, 11) is 0. The monoisotopic (exact) mass is 300 g/mol. The van der Waals surface area contributed by atoms with Gasteiger partial charge in [-0.05, 0) is 11.6 Å². The quantitative estimate of drug-likeness (QED) is 0.726. The normalized spacial score (nSPS) is 20.4. The lowest BCUT2D eigenvalue weighted by molar-refractivity contribution is -0.121. The van der Waals surface area contributed by atoms with Gasteiger partial charge >= 0.3 is 0 Å². The van der Waals surface area contributed by atoms with Crippen molar-refractivity contribution in [2.24, 2.45) is 5.10 Å². The predicted molar refractivity (Wildman–Crippen MR) is 79.3 cm³/mol. The zero-order valence-corrected chi connectivity index (χ0v) is 11.9. The minimum atomic E-state index is -0.283. The van der Waals surface area contributed by atoms with Crippen LogP contribution in [0.2, 0.25) is 0 Å². The molecule has 114 valence electrons. The summed E-state index contributed by atoms with van der Waals surface area (Å²) in [6.45, 7) is 0.891. The highest BCUT2D eigenvalue weighted by molar-refractivity contribution is 6.39. The maximum atomic E-state index is 12.0. The van der Waals surface area contributed by atoms with Gasteiger partial charge in [0.15, 0.2) is 0 Å². The van der Waals surface area contributed by atoms with E-state index in [4.69, 9.17) is 0 Å². The van der Waals surface area contributed by atoms with E-state index in [0.717, 1.165) is 5.56 Å². The summed E-state index contributed by atoms with van der Waals surface area (Å²) < 4.78 is 0.